The molecule has 0 bridgehead atoms. The van der Waals surface area contributed by atoms with Gasteiger partial charge in [0.15, 0.2) is 0 Å². The third-order valence-corrected chi connectivity index (χ3v) is 2.41. The lowest BCUT2D eigenvalue weighted by Gasteiger charge is -2.09. The Labute approximate surface area is 103 Å². The Bertz CT molecular complexity index is 540. The molecule has 18 heavy (non-hydrogen) atoms. The summed E-state index contributed by atoms with van der Waals surface area (Å²) in [5.74, 6) is -1.07. The number of aromatic nitrogens is 2. The Hall–Kier alpha value is -2.37. The van der Waals surface area contributed by atoms with Crippen molar-refractivity contribution in [2.75, 3.05) is 12.4 Å². The third kappa shape index (κ3) is 2.65. The van der Waals surface area contributed by atoms with Gasteiger partial charge in [-0.1, -0.05) is 0 Å². The van der Waals surface area contributed by atoms with Gasteiger partial charge in [0.05, 0.1) is 24.9 Å². The lowest BCUT2D eigenvalue weighted by Crippen LogP contribution is -2.09. The summed E-state index contributed by atoms with van der Waals surface area (Å²) in [6.45, 7) is 0.454. The van der Waals surface area contributed by atoms with Gasteiger partial charge in [-0.05, 0) is 24.3 Å². The fraction of sp³-hybridized carbons (Fsp3) is 0.167. The fourth-order valence-corrected chi connectivity index (χ4v) is 1.52. The molecular weight excluding hydrogens is 237 g/mol. The average Bonchev–Trinajstić information content (AvgIpc) is 2.89. The van der Waals surface area contributed by atoms with Gasteiger partial charge in [0, 0.05) is 11.9 Å². The minimum atomic E-state index is -0.582. The number of carbonyl (C=O) groups excluding carboxylic acids is 1. The molecule has 0 atom stereocenters. The second-order valence-corrected chi connectivity index (χ2v) is 3.62. The number of methoxy groups -OCH3 is 1. The second-order valence-electron chi connectivity index (χ2n) is 3.62. The molecule has 0 saturated carbocycles. The van der Waals surface area contributed by atoms with Crippen LogP contribution in [0.3, 0.4) is 0 Å². The van der Waals surface area contributed by atoms with Crippen LogP contribution in [0.5, 0.6) is 0 Å². The van der Waals surface area contributed by atoms with Gasteiger partial charge in [0.2, 0.25) is 0 Å². The van der Waals surface area contributed by atoms with E-state index in [1.807, 2.05) is 0 Å². The summed E-state index contributed by atoms with van der Waals surface area (Å²) in [6.07, 6.45) is 1.63. The fourth-order valence-electron chi connectivity index (χ4n) is 1.52. The first kappa shape index (κ1) is 12.1. The van der Waals surface area contributed by atoms with Crippen LogP contribution in [0.15, 0.2) is 30.5 Å². The van der Waals surface area contributed by atoms with Crippen LogP contribution < -0.4 is 5.32 Å². The van der Waals surface area contributed by atoms with Crippen molar-refractivity contribution in [3.05, 3.63) is 47.5 Å². The highest BCUT2D eigenvalue weighted by Gasteiger charge is 2.12. The van der Waals surface area contributed by atoms with Crippen LogP contribution in [0.25, 0.3) is 0 Å². The Balaban J connectivity index is 2.18. The van der Waals surface area contributed by atoms with E-state index in [1.165, 1.54) is 19.2 Å². The van der Waals surface area contributed by atoms with Gasteiger partial charge in [-0.2, -0.15) is 5.10 Å². The van der Waals surface area contributed by atoms with E-state index >= 15 is 0 Å². The number of benzene rings is 1. The predicted molar refractivity (Wildman–Crippen MR) is 63.7 cm³/mol. The van der Waals surface area contributed by atoms with Gasteiger partial charge in [0.1, 0.15) is 5.82 Å². The van der Waals surface area contributed by atoms with E-state index in [0.29, 0.717) is 12.2 Å². The Morgan fingerprint density at radius 3 is 3.00 bits per heavy atom. The molecule has 6 heteroatoms. The van der Waals surface area contributed by atoms with Crippen molar-refractivity contribution in [2.45, 2.75) is 6.54 Å². The number of rotatable bonds is 4. The summed E-state index contributed by atoms with van der Waals surface area (Å²) in [7, 11) is 1.26. The van der Waals surface area contributed by atoms with E-state index < -0.39 is 11.8 Å². The van der Waals surface area contributed by atoms with E-state index in [9.17, 15) is 9.18 Å². The van der Waals surface area contributed by atoms with Gasteiger partial charge in [-0.3, -0.25) is 5.10 Å². The number of hydrogen-bond donors (Lipinski definition) is 2. The van der Waals surface area contributed by atoms with E-state index in [4.69, 9.17) is 0 Å². The van der Waals surface area contributed by atoms with Crippen LogP contribution in [0.4, 0.5) is 10.1 Å². The number of nitrogens with one attached hydrogen (secondary N) is 2. The molecule has 5 nitrogen and oxygen atoms in total. The molecule has 0 aliphatic heterocycles. The van der Waals surface area contributed by atoms with Crippen molar-refractivity contribution >= 4 is 11.7 Å². The SMILES string of the molecule is COC(=O)c1cc(F)ccc1NCc1ccn[nH]1. The number of anilines is 1. The van der Waals surface area contributed by atoms with Crippen molar-refractivity contribution in [2.24, 2.45) is 0 Å². The van der Waals surface area contributed by atoms with E-state index in [-0.39, 0.29) is 5.56 Å². The molecule has 0 saturated heterocycles. The second kappa shape index (κ2) is 5.31. The highest BCUT2D eigenvalue weighted by Crippen LogP contribution is 2.18. The summed E-state index contributed by atoms with van der Waals surface area (Å²) >= 11 is 0. The highest BCUT2D eigenvalue weighted by atomic mass is 19.1. The molecular formula is C12H12FN3O2. The molecule has 2 aromatic rings. The summed E-state index contributed by atoms with van der Waals surface area (Å²) in [4.78, 5) is 11.5. The van der Waals surface area contributed by atoms with Crippen LogP contribution in [0, 0.1) is 5.82 Å². The van der Waals surface area contributed by atoms with Gasteiger partial charge in [-0.15, -0.1) is 0 Å². The van der Waals surface area contributed by atoms with E-state index in [0.717, 1.165) is 11.8 Å². The maximum absolute atomic E-state index is 13.1. The van der Waals surface area contributed by atoms with Crippen LogP contribution in [0.2, 0.25) is 0 Å². The van der Waals surface area contributed by atoms with Gasteiger partial charge < -0.3 is 10.1 Å². The topological polar surface area (TPSA) is 67.0 Å². The first-order valence-corrected chi connectivity index (χ1v) is 5.30. The molecule has 0 unspecified atom stereocenters. The zero-order valence-corrected chi connectivity index (χ0v) is 9.74. The Morgan fingerprint density at radius 2 is 2.33 bits per heavy atom. The first-order chi connectivity index (χ1) is 8.70. The van der Waals surface area contributed by atoms with Gasteiger partial charge in [0.25, 0.3) is 0 Å². The molecule has 1 heterocycles. The molecule has 0 amide bonds. The number of esters is 1. The molecule has 0 aliphatic rings. The zero-order chi connectivity index (χ0) is 13.0. The molecule has 2 N–H and O–H groups in total. The number of halogens is 1. The molecule has 1 aromatic heterocycles. The van der Waals surface area contributed by atoms with E-state index in [1.54, 1.807) is 12.3 Å². The maximum atomic E-state index is 13.1. The predicted octanol–water partition coefficient (Wildman–Crippen LogP) is 1.95. The quantitative estimate of drug-likeness (QED) is 0.813. The van der Waals surface area contributed by atoms with Crippen molar-refractivity contribution in [3.63, 3.8) is 0 Å². The van der Waals surface area contributed by atoms with Crippen molar-refractivity contribution in [1.29, 1.82) is 0 Å². The normalized spacial score (nSPS) is 10.1. The smallest absolute Gasteiger partial charge is 0.340 e. The summed E-state index contributed by atoms with van der Waals surface area (Å²) in [5, 5.41) is 9.60. The molecule has 0 aliphatic carbocycles. The van der Waals surface area contributed by atoms with Gasteiger partial charge in [-0.25, -0.2) is 9.18 Å². The Kier molecular flexibility index (Phi) is 3.57. The summed E-state index contributed by atoms with van der Waals surface area (Å²) < 4.78 is 17.7. The highest BCUT2D eigenvalue weighted by molar-refractivity contribution is 5.95. The summed E-state index contributed by atoms with van der Waals surface area (Å²) in [5.41, 5.74) is 1.53. The van der Waals surface area contributed by atoms with Crippen LogP contribution in [0.1, 0.15) is 16.1 Å². The van der Waals surface area contributed by atoms with Crippen molar-refractivity contribution in [1.82, 2.24) is 10.2 Å². The zero-order valence-electron chi connectivity index (χ0n) is 9.74. The number of carbonyl (C=O) groups is 1. The molecule has 94 valence electrons. The molecule has 0 spiro atoms. The van der Waals surface area contributed by atoms with Crippen molar-refractivity contribution < 1.29 is 13.9 Å². The minimum Gasteiger partial charge on any atom is -0.465 e. The standard InChI is InChI=1S/C12H12FN3O2/c1-18-12(17)10-6-8(13)2-3-11(10)14-7-9-4-5-15-16-9/h2-6,14H,7H2,1H3,(H,15,16). The number of aromatic amines is 1. The van der Waals surface area contributed by atoms with E-state index in [2.05, 4.69) is 20.3 Å². The summed E-state index contributed by atoms with van der Waals surface area (Å²) in [6, 6.07) is 5.72. The van der Waals surface area contributed by atoms with Crippen LogP contribution in [-0.4, -0.2) is 23.3 Å². The van der Waals surface area contributed by atoms with Crippen LogP contribution >= 0.6 is 0 Å². The molecule has 0 radical (unpaired) electrons. The molecule has 1 aromatic carbocycles. The lowest BCUT2D eigenvalue weighted by molar-refractivity contribution is 0.0601. The number of H-pyrrole nitrogens is 1. The Morgan fingerprint density at radius 1 is 1.50 bits per heavy atom. The lowest BCUT2D eigenvalue weighted by atomic mass is 10.1. The van der Waals surface area contributed by atoms with Crippen molar-refractivity contribution in [3.8, 4) is 0 Å². The molecule has 0 fully saturated rings. The third-order valence-electron chi connectivity index (χ3n) is 2.41. The number of nitrogens with zero attached hydrogens (tertiary/aromatic N) is 1. The largest absolute Gasteiger partial charge is 0.465 e. The first-order valence-electron chi connectivity index (χ1n) is 5.30. The number of hydrogen-bond acceptors (Lipinski definition) is 4. The monoisotopic (exact) mass is 249 g/mol. The van der Waals surface area contributed by atoms with Gasteiger partial charge >= 0.3 is 5.97 Å². The maximum Gasteiger partial charge on any atom is 0.340 e. The number of ether oxygens (including phenoxy) is 1. The van der Waals surface area contributed by atoms with Crippen LogP contribution in [-0.2, 0) is 11.3 Å². The molecule has 2 rings (SSSR count). The minimum absolute atomic E-state index is 0.164. The average molecular weight is 249 g/mol.